The number of nitrogens with zero attached hydrogens (tertiary/aromatic N) is 4. The van der Waals surface area contributed by atoms with Crippen LogP contribution in [0.4, 0.5) is 14.8 Å². The van der Waals surface area contributed by atoms with Crippen molar-refractivity contribution in [2.24, 2.45) is 7.05 Å². The molecule has 0 aliphatic carbocycles. The van der Waals surface area contributed by atoms with Crippen LogP contribution >= 0.6 is 0 Å². The first kappa shape index (κ1) is 19.9. The van der Waals surface area contributed by atoms with Gasteiger partial charge in [0, 0.05) is 35.8 Å². The Balaban J connectivity index is 1.42. The monoisotopic (exact) mass is 449 g/mol. The molecule has 2 aliphatic heterocycles. The van der Waals surface area contributed by atoms with Crippen molar-refractivity contribution in [1.29, 1.82) is 0 Å². The summed E-state index contributed by atoms with van der Waals surface area (Å²) in [5, 5.41) is 4.72. The Labute approximate surface area is 187 Å². The van der Waals surface area contributed by atoms with E-state index in [1.807, 2.05) is 4.90 Å². The zero-order valence-electron chi connectivity index (χ0n) is 17.9. The van der Waals surface area contributed by atoms with Gasteiger partial charge >= 0.3 is 0 Å². The number of hydrogen-bond donors (Lipinski definition) is 1. The molecule has 9 heteroatoms. The first-order chi connectivity index (χ1) is 15.9. The molecule has 2 aromatic carbocycles. The first-order valence-corrected chi connectivity index (χ1v) is 10.9. The minimum atomic E-state index is -0.629. The van der Waals surface area contributed by atoms with Gasteiger partial charge in [0.15, 0.2) is 5.58 Å². The van der Waals surface area contributed by atoms with E-state index in [1.54, 1.807) is 29.9 Å². The van der Waals surface area contributed by atoms with Gasteiger partial charge in [-0.1, -0.05) is 0 Å². The number of carbonyl (C=O) groups excluding carboxylic acids is 1. The Kier molecular flexibility index (Phi) is 4.30. The summed E-state index contributed by atoms with van der Waals surface area (Å²) in [5.41, 5.74) is 10.1. The van der Waals surface area contributed by atoms with Crippen molar-refractivity contribution in [2.45, 2.75) is 37.8 Å². The maximum Gasteiger partial charge on any atom is 0.292 e. The van der Waals surface area contributed by atoms with Crippen LogP contribution in [-0.4, -0.2) is 31.6 Å². The highest BCUT2D eigenvalue weighted by molar-refractivity contribution is 5.98. The first-order valence-electron chi connectivity index (χ1n) is 10.9. The maximum absolute atomic E-state index is 13.9. The van der Waals surface area contributed by atoms with Crippen molar-refractivity contribution in [2.75, 3.05) is 5.73 Å². The molecular formula is C24H21F2N5O2. The number of piperidine rings is 1. The van der Waals surface area contributed by atoms with Crippen molar-refractivity contribution in [3.63, 3.8) is 0 Å². The van der Waals surface area contributed by atoms with Crippen molar-refractivity contribution < 1.29 is 18.0 Å². The summed E-state index contributed by atoms with van der Waals surface area (Å²) < 4.78 is 35.0. The summed E-state index contributed by atoms with van der Waals surface area (Å²) in [6.45, 7) is 0. The largest absolute Gasteiger partial charge is 0.424 e. The standard InChI is InChI=1S/C24H21F2N5O2/c1-30-22(13-7-14(25)10-15(26)8-13)17-11-16-3-2-4-19(21(17)29-30)31(16)23(32)12-5-6-18-20(9-12)33-24(27)28-18/h5-10,16,19H,2-4,11H2,1H3,(H2,27,28)/t16-,19+/m1/s1. The quantitative estimate of drug-likeness (QED) is 0.491. The number of halogens is 2. The van der Waals surface area contributed by atoms with Crippen LogP contribution < -0.4 is 5.73 Å². The van der Waals surface area contributed by atoms with Gasteiger partial charge in [-0.25, -0.2) is 8.78 Å². The molecule has 2 bridgehead atoms. The molecule has 1 amide bonds. The van der Waals surface area contributed by atoms with Crippen LogP contribution in [0.1, 0.15) is 46.9 Å². The third-order valence-corrected chi connectivity index (χ3v) is 6.70. The molecule has 1 saturated heterocycles. The molecule has 4 aromatic rings. The van der Waals surface area contributed by atoms with Gasteiger partial charge in [-0.15, -0.1) is 0 Å². The molecule has 6 rings (SSSR count). The number of carbonyl (C=O) groups is 1. The number of rotatable bonds is 2. The van der Waals surface area contributed by atoms with E-state index in [2.05, 4.69) is 4.98 Å². The smallest absolute Gasteiger partial charge is 0.292 e. The minimum absolute atomic E-state index is 0.0272. The summed E-state index contributed by atoms with van der Waals surface area (Å²) in [4.78, 5) is 19.6. The summed E-state index contributed by atoms with van der Waals surface area (Å²) in [6, 6.07) is 8.48. The fourth-order valence-electron chi connectivity index (χ4n) is 5.43. The lowest BCUT2D eigenvalue weighted by molar-refractivity contribution is 0.0392. The topological polar surface area (TPSA) is 90.2 Å². The lowest BCUT2D eigenvalue weighted by atomic mass is 9.81. The maximum atomic E-state index is 13.9. The number of amides is 1. The van der Waals surface area contributed by atoms with Gasteiger partial charge < -0.3 is 15.1 Å². The van der Waals surface area contributed by atoms with Gasteiger partial charge in [0.05, 0.1) is 17.4 Å². The molecule has 0 unspecified atom stereocenters. The lowest BCUT2D eigenvalue weighted by Crippen LogP contribution is -2.49. The number of fused-ring (bicyclic) bond motifs is 5. The SMILES string of the molecule is Cn1nc2c(c1-c1cc(F)cc(F)c1)C[C@H]1CCC[C@@H]2N1C(=O)c1ccc2nc(N)oc2c1. The summed E-state index contributed by atoms with van der Waals surface area (Å²) in [5.74, 6) is -1.36. The second kappa shape index (κ2) is 7.13. The fourth-order valence-corrected chi connectivity index (χ4v) is 5.43. The van der Waals surface area contributed by atoms with Crippen molar-refractivity contribution in [1.82, 2.24) is 19.7 Å². The molecule has 2 aromatic heterocycles. The number of aromatic nitrogens is 3. The summed E-state index contributed by atoms with van der Waals surface area (Å²) >= 11 is 0. The number of anilines is 1. The Morgan fingerprint density at radius 2 is 1.94 bits per heavy atom. The van der Waals surface area contributed by atoms with E-state index in [-0.39, 0.29) is 24.0 Å². The highest BCUT2D eigenvalue weighted by Crippen LogP contribution is 2.45. The average Bonchev–Trinajstić information content (AvgIpc) is 3.29. The van der Waals surface area contributed by atoms with Crippen LogP contribution in [0.5, 0.6) is 0 Å². The van der Waals surface area contributed by atoms with Gasteiger partial charge in [-0.3, -0.25) is 9.48 Å². The van der Waals surface area contributed by atoms with E-state index < -0.39 is 11.6 Å². The Hall–Kier alpha value is -3.75. The van der Waals surface area contributed by atoms with Crippen molar-refractivity contribution >= 4 is 23.0 Å². The summed E-state index contributed by atoms with van der Waals surface area (Å²) in [6.07, 6.45) is 3.19. The van der Waals surface area contributed by atoms with Crippen LogP contribution in [0, 0.1) is 11.6 Å². The van der Waals surface area contributed by atoms with E-state index in [4.69, 9.17) is 15.2 Å². The van der Waals surface area contributed by atoms with Gasteiger partial charge in [0.25, 0.3) is 11.9 Å². The van der Waals surface area contributed by atoms with Crippen molar-refractivity contribution in [3.05, 3.63) is 64.9 Å². The normalized spacial score (nSPS) is 19.7. The number of nitrogen functional groups attached to an aromatic ring is 1. The predicted molar refractivity (Wildman–Crippen MR) is 117 cm³/mol. The van der Waals surface area contributed by atoms with Crippen molar-refractivity contribution in [3.8, 4) is 11.3 Å². The zero-order valence-corrected chi connectivity index (χ0v) is 17.9. The zero-order chi connectivity index (χ0) is 22.9. The number of hydrogen-bond acceptors (Lipinski definition) is 5. The third kappa shape index (κ3) is 3.10. The third-order valence-electron chi connectivity index (χ3n) is 6.70. The molecule has 4 heterocycles. The Morgan fingerprint density at radius 3 is 2.73 bits per heavy atom. The van der Waals surface area contributed by atoms with Gasteiger partial charge in [0.2, 0.25) is 0 Å². The Morgan fingerprint density at radius 1 is 1.15 bits per heavy atom. The van der Waals surface area contributed by atoms with Gasteiger partial charge in [0.1, 0.15) is 17.2 Å². The van der Waals surface area contributed by atoms with Crippen LogP contribution in [0.15, 0.2) is 40.8 Å². The molecule has 2 N–H and O–H groups in total. The van der Waals surface area contributed by atoms with Crippen LogP contribution in [0.25, 0.3) is 22.4 Å². The number of oxazole rings is 1. The molecule has 0 spiro atoms. The minimum Gasteiger partial charge on any atom is -0.424 e. The molecule has 168 valence electrons. The fraction of sp³-hybridized carbons (Fsp3) is 0.292. The van der Waals surface area contributed by atoms with Gasteiger partial charge in [-0.05, 0) is 56.0 Å². The highest BCUT2D eigenvalue weighted by atomic mass is 19.1. The lowest BCUT2D eigenvalue weighted by Gasteiger charge is -2.45. The van der Waals surface area contributed by atoms with Crippen LogP contribution in [0.2, 0.25) is 0 Å². The second-order valence-electron chi connectivity index (χ2n) is 8.75. The molecule has 0 radical (unpaired) electrons. The number of nitrogens with two attached hydrogens (primary N) is 1. The van der Waals surface area contributed by atoms with E-state index in [1.165, 1.54) is 12.1 Å². The molecular weight excluding hydrogens is 428 g/mol. The molecule has 1 fully saturated rings. The Bertz CT molecular complexity index is 1410. The van der Waals surface area contributed by atoms with Crippen LogP contribution in [0.3, 0.4) is 0 Å². The highest BCUT2D eigenvalue weighted by Gasteiger charge is 2.43. The van der Waals surface area contributed by atoms with Crippen LogP contribution in [-0.2, 0) is 13.5 Å². The molecule has 0 saturated carbocycles. The number of aryl methyl sites for hydroxylation is 1. The molecule has 2 aliphatic rings. The second-order valence-corrected chi connectivity index (χ2v) is 8.75. The average molecular weight is 449 g/mol. The predicted octanol–water partition coefficient (Wildman–Crippen LogP) is 4.38. The van der Waals surface area contributed by atoms with E-state index >= 15 is 0 Å². The van der Waals surface area contributed by atoms with E-state index in [0.717, 1.165) is 36.6 Å². The van der Waals surface area contributed by atoms with E-state index in [0.29, 0.717) is 34.3 Å². The molecule has 2 atom stereocenters. The number of benzene rings is 2. The van der Waals surface area contributed by atoms with Gasteiger partial charge in [-0.2, -0.15) is 10.1 Å². The molecule has 33 heavy (non-hydrogen) atoms. The summed E-state index contributed by atoms with van der Waals surface area (Å²) in [7, 11) is 1.77. The molecule has 7 nitrogen and oxygen atoms in total. The van der Waals surface area contributed by atoms with E-state index in [9.17, 15) is 13.6 Å².